The van der Waals surface area contributed by atoms with E-state index in [1.807, 2.05) is 24.3 Å². The van der Waals surface area contributed by atoms with Crippen LogP contribution in [-0.4, -0.2) is 0 Å². The van der Waals surface area contributed by atoms with Crippen LogP contribution in [0, 0.1) is 29.1 Å². The van der Waals surface area contributed by atoms with Gasteiger partial charge in [0.05, 0.1) is 10.9 Å². The number of benzene rings is 6. The fourth-order valence-electron chi connectivity index (χ4n) is 5.40. The number of aryl methyl sites for hydroxylation is 1. The topological polar surface area (TPSA) is 9.23 Å². The van der Waals surface area contributed by atoms with Gasteiger partial charge in [-0.15, -0.1) is 0 Å². The van der Waals surface area contributed by atoms with E-state index >= 15 is 13.2 Å². The van der Waals surface area contributed by atoms with Crippen molar-refractivity contribution in [1.29, 1.82) is 0 Å². The van der Waals surface area contributed by atoms with Crippen molar-refractivity contribution in [1.82, 2.24) is 0 Å². The van der Waals surface area contributed by atoms with E-state index < -0.39 is 51.9 Å². The maximum atomic E-state index is 15.7. The van der Waals surface area contributed by atoms with Crippen LogP contribution >= 0.6 is 0 Å². The van der Waals surface area contributed by atoms with Gasteiger partial charge in [-0.25, -0.2) is 22.0 Å². The number of hydrogen-bond donors (Lipinski definition) is 0. The van der Waals surface area contributed by atoms with Crippen molar-refractivity contribution < 1.29 is 35.5 Å². The Morgan fingerprint density at radius 3 is 1.76 bits per heavy atom. The molecular weight excluding hydrogens is 605 g/mol. The maximum absolute atomic E-state index is 15.7. The summed E-state index contributed by atoms with van der Waals surface area (Å²) < 4.78 is 107. The van der Waals surface area contributed by atoms with Gasteiger partial charge in [-0.1, -0.05) is 86.1 Å². The Kier molecular flexibility index (Phi) is 8.30. The van der Waals surface area contributed by atoms with Crippen LogP contribution in [0.5, 0.6) is 5.75 Å². The molecule has 0 saturated heterocycles. The predicted octanol–water partition coefficient (Wildman–Crippen LogP) is 11.6. The second-order valence-corrected chi connectivity index (χ2v) is 10.9. The monoisotopic (exact) mass is 630 g/mol. The van der Waals surface area contributed by atoms with E-state index in [9.17, 15) is 17.6 Å². The first-order valence-corrected chi connectivity index (χ1v) is 14.5. The highest BCUT2D eigenvalue weighted by atomic mass is 19.3. The number of hydrogen-bond acceptors (Lipinski definition) is 1. The molecule has 6 rings (SSSR count). The summed E-state index contributed by atoms with van der Waals surface area (Å²) in [7, 11) is 0. The molecule has 0 fully saturated rings. The molecule has 0 saturated carbocycles. The van der Waals surface area contributed by atoms with Gasteiger partial charge in [-0.3, -0.25) is 0 Å². The molecule has 0 heterocycles. The molecule has 0 aliphatic heterocycles. The van der Waals surface area contributed by atoms with E-state index in [1.165, 1.54) is 35.9 Å². The van der Waals surface area contributed by atoms with Gasteiger partial charge in [0.2, 0.25) is 0 Å². The standard InChI is InChI=1S/C38H25F7O/c1-2-3-22-4-6-23(7-5-22)24-8-10-26(11-9-24)31-20-27-14-18-30(35(41)34(27)37(43)36(31)42)25-12-15-28(16-13-25)38(44,45)46-29-17-19-32(39)33(40)21-29/h4-21H,2-3H2,1H3. The summed E-state index contributed by atoms with van der Waals surface area (Å²) in [4.78, 5) is 0. The third kappa shape index (κ3) is 5.95. The molecule has 0 aromatic heterocycles. The van der Waals surface area contributed by atoms with Crippen LogP contribution in [0.2, 0.25) is 0 Å². The van der Waals surface area contributed by atoms with Crippen molar-refractivity contribution in [2.24, 2.45) is 0 Å². The Hall–Kier alpha value is -5.11. The maximum Gasteiger partial charge on any atom is 0.426 e. The Labute approximate surface area is 260 Å². The summed E-state index contributed by atoms with van der Waals surface area (Å²) in [6.45, 7) is 2.11. The van der Waals surface area contributed by atoms with Crippen molar-refractivity contribution in [2.75, 3.05) is 0 Å². The van der Waals surface area contributed by atoms with Crippen molar-refractivity contribution >= 4 is 10.8 Å². The smallest absolute Gasteiger partial charge is 0.426 e. The lowest BCUT2D eigenvalue weighted by atomic mass is 9.94. The van der Waals surface area contributed by atoms with Gasteiger partial charge in [0.15, 0.2) is 23.3 Å². The summed E-state index contributed by atoms with van der Waals surface area (Å²) >= 11 is 0. The number of ether oxygens (including phenoxy) is 1. The van der Waals surface area contributed by atoms with E-state index in [0.717, 1.165) is 42.2 Å². The molecule has 1 nitrogen and oxygen atoms in total. The molecule has 0 aliphatic carbocycles. The molecule has 0 atom stereocenters. The molecule has 232 valence electrons. The Balaban J connectivity index is 1.27. The second kappa shape index (κ2) is 12.4. The molecule has 0 radical (unpaired) electrons. The predicted molar refractivity (Wildman–Crippen MR) is 165 cm³/mol. The molecule has 0 N–H and O–H groups in total. The van der Waals surface area contributed by atoms with E-state index in [-0.39, 0.29) is 22.1 Å². The minimum atomic E-state index is -3.94. The molecular formula is C38H25F7O. The fraction of sp³-hybridized carbons (Fsp3) is 0.105. The highest BCUT2D eigenvalue weighted by molar-refractivity contribution is 5.92. The second-order valence-electron chi connectivity index (χ2n) is 10.9. The Morgan fingerprint density at radius 1 is 0.543 bits per heavy atom. The first kappa shape index (κ1) is 30.9. The molecule has 6 aromatic rings. The minimum absolute atomic E-state index is 0.0328. The van der Waals surface area contributed by atoms with Gasteiger partial charge >= 0.3 is 6.11 Å². The van der Waals surface area contributed by atoms with Crippen molar-refractivity contribution in [2.45, 2.75) is 25.9 Å². The number of alkyl halides is 2. The van der Waals surface area contributed by atoms with E-state index in [2.05, 4.69) is 23.8 Å². The van der Waals surface area contributed by atoms with Gasteiger partial charge in [0.25, 0.3) is 0 Å². The zero-order valence-corrected chi connectivity index (χ0v) is 24.4. The molecule has 0 unspecified atom stereocenters. The number of rotatable bonds is 8. The quantitative estimate of drug-likeness (QED) is 0.152. The molecule has 0 aliphatic rings. The number of halogens is 7. The van der Waals surface area contributed by atoms with Gasteiger partial charge in [-0.2, -0.15) is 8.78 Å². The summed E-state index contributed by atoms with van der Waals surface area (Å²) in [6, 6.07) is 25.5. The van der Waals surface area contributed by atoms with Crippen LogP contribution in [0.15, 0.2) is 109 Å². The largest absolute Gasteiger partial charge is 0.429 e. The van der Waals surface area contributed by atoms with Gasteiger partial charge in [0, 0.05) is 17.2 Å². The summed E-state index contributed by atoms with van der Waals surface area (Å²) in [6.07, 6.45) is -1.91. The molecule has 0 amide bonds. The van der Waals surface area contributed by atoms with Crippen molar-refractivity contribution in [3.8, 4) is 39.1 Å². The van der Waals surface area contributed by atoms with Crippen LogP contribution in [0.25, 0.3) is 44.2 Å². The third-order valence-corrected chi connectivity index (χ3v) is 7.81. The van der Waals surface area contributed by atoms with Gasteiger partial charge < -0.3 is 4.74 Å². The van der Waals surface area contributed by atoms with Gasteiger partial charge in [-0.05, 0) is 70.0 Å². The Bertz CT molecular complexity index is 2040. The van der Waals surface area contributed by atoms with Crippen molar-refractivity contribution in [3.63, 3.8) is 0 Å². The highest BCUT2D eigenvalue weighted by Gasteiger charge is 2.35. The van der Waals surface area contributed by atoms with Crippen LogP contribution in [0.3, 0.4) is 0 Å². The van der Waals surface area contributed by atoms with E-state index in [0.29, 0.717) is 17.7 Å². The van der Waals surface area contributed by atoms with E-state index in [4.69, 9.17) is 0 Å². The average molecular weight is 631 g/mol. The molecule has 0 bridgehead atoms. The average Bonchev–Trinajstić information content (AvgIpc) is 3.05. The summed E-state index contributed by atoms with van der Waals surface area (Å²) in [5.74, 6) is -6.82. The van der Waals surface area contributed by atoms with Crippen LogP contribution in [-0.2, 0) is 12.5 Å². The third-order valence-electron chi connectivity index (χ3n) is 7.81. The lowest BCUT2D eigenvalue weighted by Crippen LogP contribution is -2.21. The van der Waals surface area contributed by atoms with Crippen LogP contribution < -0.4 is 4.74 Å². The minimum Gasteiger partial charge on any atom is -0.429 e. The molecule has 46 heavy (non-hydrogen) atoms. The van der Waals surface area contributed by atoms with Crippen LogP contribution in [0.1, 0.15) is 24.5 Å². The van der Waals surface area contributed by atoms with Crippen LogP contribution in [0.4, 0.5) is 30.7 Å². The van der Waals surface area contributed by atoms with Gasteiger partial charge in [0.1, 0.15) is 11.6 Å². The lowest BCUT2D eigenvalue weighted by Gasteiger charge is -2.19. The molecule has 0 spiro atoms. The zero-order valence-electron chi connectivity index (χ0n) is 24.4. The normalized spacial score (nSPS) is 11.7. The SMILES string of the molecule is CCCc1ccc(-c2ccc(-c3cc4ccc(-c5ccc(C(F)(F)Oc6ccc(F)c(F)c6)cc5)c(F)c4c(F)c3F)cc2)cc1. The first-order valence-electron chi connectivity index (χ1n) is 14.5. The number of fused-ring (bicyclic) bond motifs is 1. The highest BCUT2D eigenvalue weighted by Crippen LogP contribution is 2.38. The van der Waals surface area contributed by atoms with E-state index in [1.54, 1.807) is 12.1 Å². The summed E-state index contributed by atoms with van der Waals surface area (Å²) in [5, 5.41) is -0.451. The fourth-order valence-corrected chi connectivity index (χ4v) is 5.40. The summed E-state index contributed by atoms with van der Waals surface area (Å²) in [5.41, 5.74) is 2.84. The molecule has 6 aromatic carbocycles. The molecule has 8 heteroatoms. The first-order chi connectivity index (χ1) is 22.1. The zero-order chi connectivity index (χ0) is 32.6. The lowest BCUT2D eigenvalue weighted by molar-refractivity contribution is -0.185. The van der Waals surface area contributed by atoms with Crippen molar-refractivity contribution in [3.05, 3.63) is 149 Å². The Morgan fingerprint density at radius 2 is 1.13 bits per heavy atom.